The fraction of sp³-hybridized carbons (Fsp3) is 0. The van der Waals surface area contributed by atoms with Gasteiger partial charge in [0.25, 0.3) is 0 Å². The number of para-hydroxylation sites is 4. The third-order valence-corrected chi connectivity index (χ3v) is 7.08. The number of hydrogen-bond donors (Lipinski definition) is 6. The van der Waals surface area contributed by atoms with Gasteiger partial charge < -0.3 is 21.3 Å². The van der Waals surface area contributed by atoms with E-state index in [0.29, 0.717) is 23.8 Å². The molecular weight excluding hydrogens is 653 g/mol. The zero-order valence-electron chi connectivity index (χ0n) is 27.6. The van der Waals surface area contributed by atoms with E-state index < -0.39 is 0 Å². The van der Waals surface area contributed by atoms with Crippen molar-refractivity contribution in [2.75, 3.05) is 32.1 Å². The minimum absolute atomic E-state index is 0.264. The molecule has 0 fully saturated rings. The van der Waals surface area contributed by atoms with Crippen molar-refractivity contribution in [2.24, 2.45) is 10.2 Å². The predicted octanol–water partition coefficient (Wildman–Crippen LogP) is 7.92. The van der Waals surface area contributed by atoms with Gasteiger partial charge in [0, 0.05) is 22.7 Å². The van der Waals surface area contributed by atoms with Crippen molar-refractivity contribution in [3.63, 3.8) is 0 Å². The molecule has 0 saturated heterocycles. The number of aromatic nitrogens is 6. The van der Waals surface area contributed by atoms with Crippen molar-refractivity contribution >= 4 is 70.9 Å². The summed E-state index contributed by atoms with van der Waals surface area (Å²) in [6, 6.07) is 46.3. The maximum absolute atomic E-state index is 4.51. The molecule has 0 radical (unpaired) electrons. The number of nitrogens with one attached hydrogen (secondary N) is 6. The molecule has 14 heteroatoms. The van der Waals surface area contributed by atoms with Crippen LogP contribution in [0, 0.1) is 0 Å². The first kappa shape index (κ1) is 32.8. The average molecular weight is 685 g/mol. The van der Waals surface area contributed by atoms with Gasteiger partial charge in [0.05, 0.1) is 12.4 Å². The summed E-state index contributed by atoms with van der Waals surface area (Å²) in [5, 5.41) is 21.5. The summed E-state index contributed by atoms with van der Waals surface area (Å²) in [6.45, 7) is 0. The summed E-state index contributed by atoms with van der Waals surface area (Å²) >= 11 is 0. The maximum atomic E-state index is 4.51. The molecule has 0 amide bonds. The van der Waals surface area contributed by atoms with E-state index in [4.69, 9.17) is 0 Å². The molecule has 2 heterocycles. The van der Waals surface area contributed by atoms with Crippen LogP contribution in [0.1, 0.15) is 11.1 Å². The minimum Gasteiger partial charge on any atom is -0.324 e. The Morgan fingerprint density at radius 1 is 0.308 bits per heavy atom. The molecule has 254 valence electrons. The van der Waals surface area contributed by atoms with Gasteiger partial charge in [-0.25, -0.2) is 10.9 Å². The van der Waals surface area contributed by atoms with Crippen molar-refractivity contribution in [1.29, 1.82) is 0 Å². The predicted molar refractivity (Wildman–Crippen MR) is 207 cm³/mol. The van der Waals surface area contributed by atoms with E-state index in [9.17, 15) is 0 Å². The van der Waals surface area contributed by atoms with E-state index in [1.54, 1.807) is 12.4 Å². The SMILES string of the molecule is C(=NNc1nc(Nc2ccccc2)nc(Nc2ccccc2)n1)c1ccc(/C=N/Nc2nc(Nc3ccccc3)nc(Nc3ccccc3)n2)cc1. The molecule has 0 saturated carbocycles. The number of benzene rings is 5. The highest BCUT2D eigenvalue weighted by atomic mass is 15.4. The number of rotatable bonds is 14. The Morgan fingerprint density at radius 2 is 0.558 bits per heavy atom. The Balaban J connectivity index is 1.00. The van der Waals surface area contributed by atoms with Crippen molar-refractivity contribution < 1.29 is 0 Å². The van der Waals surface area contributed by atoms with Gasteiger partial charge in [0.2, 0.25) is 35.7 Å². The first-order valence-electron chi connectivity index (χ1n) is 16.2. The lowest BCUT2D eigenvalue weighted by Gasteiger charge is -2.10. The van der Waals surface area contributed by atoms with Crippen LogP contribution in [-0.4, -0.2) is 42.3 Å². The zero-order valence-corrected chi connectivity index (χ0v) is 27.6. The molecule has 7 aromatic rings. The number of nitrogens with zero attached hydrogens (tertiary/aromatic N) is 8. The van der Waals surface area contributed by atoms with Crippen LogP contribution in [-0.2, 0) is 0 Å². The Hall–Kier alpha value is -7.74. The summed E-state index contributed by atoms with van der Waals surface area (Å²) < 4.78 is 0. The third-order valence-electron chi connectivity index (χ3n) is 7.08. The van der Waals surface area contributed by atoms with E-state index in [1.165, 1.54) is 0 Å². The second-order valence-electron chi connectivity index (χ2n) is 11.0. The largest absolute Gasteiger partial charge is 0.324 e. The van der Waals surface area contributed by atoms with Crippen molar-refractivity contribution in [1.82, 2.24) is 29.9 Å². The summed E-state index contributed by atoms with van der Waals surface area (Å²) in [5.41, 5.74) is 10.9. The summed E-state index contributed by atoms with van der Waals surface area (Å²) in [4.78, 5) is 27.0. The second kappa shape index (κ2) is 16.6. The monoisotopic (exact) mass is 684 g/mol. The summed E-state index contributed by atoms with van der Waals surface area (Å²) in [5.74, 6) is 1.97. The molecule has 6 N–H and O–H groups in total. The molecule has 0 spiro atoms. The standard InChI is InChI=1S/C38H32N14/c1-5-13-29(14-6-1)41-33-45-34(42-30-15-7-2-8-16-30)48-37(47-33)51-39-25-27-21-23-28(24-22-27)26-40-52-38-49-35(43-31-17-9-3-10-18-31)46-36(50-38)44-32-19-11-4-12-20-32/h1-26H,(H3,41,42,45,47,48,51)(H3,43,44,46,49,50,52)/b39-25+,40-26?. The highest BCUT2D eigenvalue weighted by molar-refractivity contribution is 5.84. The van der Waals surface area contributed by atoms with Gasteiger partial charge in [-0.2, -0.15) is 40.1 Å². The van der Waals surface area contributed by atoms with Gasteiger partial charge in [-0.05, 0) is 59.7 Å². The Labute approximate surface area is 299 Å². The molecule has 7 rings (SSSR count). The van der Waals surface area contributed by atoms with Crippen LogP contribution < -0.4 is 32.1 Å². The van der Waals surface area contributed by atoms with E-state index in [1.807, 2.05) is 146 Å². The van der Waals surface area contributed by atoms with Gasteiger partial charge >= 0.3 is 0 Å². The molecule has 5 aromatic carbocycles. The quantitative estimate of drug-likeness (QED) is 0.0483. The molecule has 0 unspecified atom stereocenters. The molecule has 0 aliphatic carbocycles. The third kappa shape index (κ3) is 9.67. The topological polar surface area (TPSA) is 174 Å². The zero-order chi connectivity index (χ0) is 35.2. The van der Waals surface area contributed by atoms with Gasteiger partial charge in [0.1, 0.15) is 0 Å². The first-order chi connectivity index (χ1) is 25.7. The van der Waals surface area contributed by atoms with Crippen molar-refractivity contribution in [3.8, 4) is 0 Å². The van der Waals surface area contributed by atoms with Gasteiger partial charge in [-0.1, -0.05) is 97.1 Å². The summed E-state index contributed by atoms with van der Waals surface area (Å²) in [7, 11) is 0. The van der Waals surface area contributed by atoms with Crippen LogP contribution in [0.15, 0.2) is 156 Å². The average Bonchev–Trinajstić information content (AvgIpc) is 3.17. The van der Waals surface area contributed by atoms with E-state index in [2.05, 4.69) is 72.2 Å². The van der Waals surface area contributed by atoms with Gasteiger partial charge in [-0.3, -0.25) is 0 Å². The second-order valence-corrected chi connectivity index (χ2v) is 11.0. The fourth-order valence-corrected chi connectivity index (χ4v) is 4.68. The van der Waals surface area contributed by atoms with E-state index >= 15 is 0 Å². The number of hydrogen-bond acceptors (Lipinski definition) is 14. The number of hydrazone groups is 2. The van der Waals surface area contributed by atoms with E-state index in [0.717, 1.165) is 33.9 Å². The lowest BCUT2D eigenvalue weighted by atomic mass is 10.2. The minimum atomic E-state index is 0.264. The molecule has 0 bridgehead atoms. The van der Waals surface area contributed by atoms with Crippen molar-refractivity contribution in [2.45, 2.75) is 0 Å². The lowest BCUT2D eigenvalue weighted by molar-refractivity contribution is 1.04. The van der Waals surface area contributed by atoms with Gasteiger partial charge in [0.15, 0.2) is 0 Å². The highest BCUT2D eigenvalue weighted by Crippen LogP contribution is 2.20. The van der Waals surface area contributed by atoms with Crippen molar-refractivity contribution in [3.05, 3.63) is 157 Å². The Kier molecular flexibility index (Phi) is 10.5. The van der Waals surface area contributed by atoms with Crippen LogP contribution in [0.25, 0.3) is 0 Å². The van der Waals surface area contributed by atoms with Crippen LogP contribution in [0.2, 0.25) is 0 Å². The van der Waals surface area contributed by atoms with Gasteiger partial charge in [-0.15, -0.1) is 0 Å². The molecule has 52 heavy (non-hydrogen) atoms. The summed E-state index contributed by atoms with van der Waals surface area (Å²) in [6.07, 6.45) is 3.34. The molecule has 0 aliphatic rings. The Morgan fingerprint density at radius 3 is 0.827 bits per heavy atom. The Bertz CT molecular complexity index is 1950. The molecule has 2 aromatic heterocycles. The van der Waals surface area contributed by atoms with Crippen LogP contribution in [0.5, 0.6) is 0 Å². The van der Waals surface area contributed by atoms with Crippen LogP contribution in [0.3, 0.4) is 0 Å². The first-order valence-corrected chi connectivity index (χ1v) is 16.2. The number of anilines is 10. The lowest BCUT2D eigenvalue weighted by Crippen LogP contribution is -2.07. The van der Waals surface area contributed by atoms with Crippen LogP contribution in [0.4, 0.5) is 58.4 Å². The molecular formula is C38H32N14. The smallest absolute Gasteiger partial charge is 0.250 e. The van der Waals surface area contributed by atoms with E-state index in [-0.39, 0.29) is 11.9 Å². The normalized spacial score (nSPS) is 10.9. The molecule has 0 atom stereocenters. The molecule has 14 nitrogen and oxygen atoms in total. The molecule has 0 aliphatic heterocycles. The fourth-order valence-electron chi connectivity index (χ4n) is 4.68. The maximum Gasteiger partial charge on any atom is 0.250 e. The highest BCUT2D eigenvalue weighted by Gasteiger charge is 2.09. The van der Waals surface area contributed by atoms with Crippen LogP contribution >= 0.6 is 0 Å².